The molecule has 0 saturated heterocycles. The third kappa shape index (κ3) is 3.39. The van der Waals surface area contributed by atoms with Crippen LogP contribution in [0, 0.1) is 0 Å². The number of hydrogen-bond donors (Lipinski definition) is 3. The molecule has 3 N–H and O–H groups in total. The van der Waals surface area contributed by atoms with Crippen molar-refractivity contribution in [3.63, 3.8) is 0 Å². The zero-order valence-corrected chi connectivity index (χ0v) is 12.9. The smallest absolute Gasteiger partial charge is 0.284 e. The van der Waals surface area contributed by atoms with Crippen LogP contribution in [-0.4, -0.2) is 17.0 Å². The van der Waals surface area contributed by atoms with Crippen LogP contribution in [0.3, 0.4) is 0 Å². The molecule has 1 aromatic heterocycles. The van der Waals surface area contributed by atoms with Crippen LogP contribution in [0.4, 0.5) is 0 Å². The summed E-state index contributed by atoms with van der Waals surface area (Å²) in [7, 11) is 0. The first-order valence-electron chi connectivity index (χ1n) is 6.97. The van der Waals surface area contributed by atoms with Crippen LogP contribution >= 0.6 is 11.3 Å². The number of fused-ring (bicyclic) bond motifs is 1. The Bertz CT molecular complexity index is 859. The summed E-state index contributed by atoms with van der Waals surface area (Å²) in [6.07, 6.45) is 0. The fourth-order valence-electron chi connectivity index (χ4n) is 2.22. The van der Waals surface area contributed by atoms with E-state index in [-0.39, 0.29) is 5.91 Å². The van der Waals surface area contributed by atoms with E-state index in [4.69, 9.17) is 5.21 Å². The largest absolute Gasteiger partial charge is 0.348 e. The molecule has 0 bridgehead atoms. The second kappa shape index (κ2) is 6.60. The number of carbonyl (C=O) groups excluding carboxylic acids is 2. The molecule has 2 amide bonds. The minimum absolute atomic E-state index is 0.169. The highest BCUT2D eigenvalue weighted by Gasteiger charge is 2.12. The molecule has 0 unspecified atom stereocenters. The van der Waals surface area contributed by atoms with Crippen LogP contribution in [0.25, 0.3) is 10.1 Å². The zero-order chi connectivity index (χ0) is 16.2. The lowest BCUT2D eigenvalue weighted by Gasteiger charge is -2.05. The second-order valence-electron chi connectivity index (χ2n) is 4.97. The number of benzene rings is 2. The number of carbonyl (C=O) groups is 2. The standard InChI is InChI=1S/C17H14N2O3S/c20-16(18-10-11-4-2-1-3-5-11)13-7-6-12-8-15(17(21)19-22)23-14(12)9-13/h1-9,22H,10H2,(H,18,20)(H,19,21). The molecular weight excluding hydrogens is 312 g/mol. The maximum absolute atomic E-state index is 12.2. The first-order valence-corrected chi connectivity index (χ1v) is 7.79. The van der Waals surface area contributed by atoms with E-state index >= 15 is 0 Å². The van der Waals surface area contributed by atoms with Gasteiger partial charge in [-0.2, -0.15) is 0 Å². The molecule has 3 rings (SSSR count). The van der Waals surface area contributed by atoms with Gasteiger partial charge in [0.25, 0.3) is 11.8 Å². The van der Waals surface area contributed by atoms with E-state index in [0.29, 0.717) is 17.0 Å². The lowest BCUT2D eigenvalue weighted by molar-refractivity contribution is 0.0711. The molecule has 116 valence electrons. The highest BCUT2D eigenvalue weighted by atomic mass is 32.1. The minimum atomic E-state index is -0.554. The van der Waals surface area contributed by atoms with E-state index in [1.54, 1.807) is 29.7 Å². The van der Waals surface area contributed by atoms with Crippen molar-refractivity contribution in [3.05, 3.63) is 70.6 Å². The van der Waals surface area contributed by atoms with Crippen LogP contribution in [0.1, 0.15) is 25.6 Å². The summed E-state index contributed by atoms with van der Waals surface area (Å²) in [4.78, 5) is 24.1. The van der Waals surface area contributed by atoms with Crippen molar-refractivity contribution in [1.29, 1.82) is 0 Å². The van der Waals surface area contributed by atoms with E-state index in [0.717, 1.165) is 15.6 Å². The SMILES string of the molecule is O=C(NCc1ccccc1)c1ccc2cc(C(=O)NO)sc2c1. The first-order chi connectivity index (χ1) is 11.2. The molecule has 3 aromatic rings. The van der Waals surface area contributed by atoms with E-state index in [1.165, 1.54) is 11.3 Å². The second-order valence-corrected chi connectivity index (χ2v) is 6.06. The molecule has 0 radical (unpaired) electrons. The van der Waals surface area contributed by atoms with Crippen molar-refractivity contribution in [2.24, 2.45) is 0 Å². The van der Waals surface area contributed by atoms with Crippen LogP contribution < -0.4 is 10.8 Å². The van der Waals surface area contributed by atoms with Gasteiger partial charge in [0.1, 0.15) is 0 Å². The van der Waals surface area contributed by atoms with Gasteiger partial charge in [0.2, 0.25) is 0 Å². The van der Waals surface area contributed by atoms with E-state index in [9.17, 15) is 9.59 Å². The van der Waals surface area contributed by atoms with Crippen molar-refractivity contribution in [2.75, 3.05) is 0 Å². The fourth-order valence-corrected chi connectivity index (χ4v) is 3.21. The Balaban J connectivity index is 1.77. The number of thiophene rings is 1. The molecule has 2 aromatic carbocycles. The molecule has 1 heterocycles. The quantitative estimate of drug-likeness (QED) is 0.509. The van der Waals surface area contributed by atoms with Crippen molar-refractivity contribution in [1.82, 2.24) is 10.8 Å². The molecule has 23 heavy (non-hydrogen) atoms. The summed E-state index contributed by atoms with van der Waals surface area (Å²) in [5, 5.41) is 12.4. The Hall–Kier alpha value is -2.70. The molecule has 0 fully saturated rings. The van der Waals surface area contributed by atoms with E-state index < -0.39 is 5.91 Å². The Labute approximate surface area is 136 Å². The number of hydrogen-bond acceptors (Lipinski definition) is 4. The topological polar surface area (TPSA) is 78.4 Å². The fraction of sp³-hybridized carbons (Fsp3) is 0.0588. The molecular formula is C17H14N2O3S. The van der Waals surface area contributed by atoms with Crippen LogP contribution in [0.15, 0.2) is 54.6 Å². The Morgan fingerprint density at radius 1 is 1.00 bits per heavy atom. The zero-order valence-electron chi connectivity index (χ0n) is 12.1. The van der Waals surface area contributed by atoms with Gasteiger partial charge in [0, 0.05) is 16.8 Å². The summed E-state index contributed by atoms with van der Waals surface area (Å²) >= 11 is 1.22. The van der Waals surface area contributed by atoms with Crippen LogP contribution in [0.2, 0.25) is 0 Å². The van der Waals surface area contributed by atoms with Crippen molar-refractivity contribution < 1.29 is 14.8 Å². The highest BCUT2D eigenvalue weighted by molar-refractivity contribution is 7.20. The summed E-state index contributed by atoms with van der Waals surface area (Å²) in [5.74, 6) is -0.724. The summed E-state index contributed by atoms with van der Waals surface area (Å²) in [5.41, 5.74) is 3.17. The minimum Gasteiger partial charge on any atom is -0.348 e. The Kier molecular flexibility index (Phi) is 4.36. The Morgan fingerprint density at radius 3 is 2.52 bits per heavy atom. The summed E-state index contributed by atoms with van der Waals surface area (Å²) in [6, 6.07) is 16.6. The van der Waals surface area contributed by atoms with Gasteiger partial charge >= 0.3 is 0 Å². The molecule has 6 heteroatoms. The van der Waals surface area contributed by atoms with Gasteiger partial charge in [0.05, 0.1) is 4.88 Å². The average molecular weight is 326 g/mol. The molecule has 0 aliphatic rings. The maximum Gasteiger partial charge on any atom is 0.284 e. The third-order valence-corrected chi connectivity index (χ3v) is 4.50. The van der Waals surface area contributed by atoms with Crippen molar-refractivity contribution in [2.45, 2.75) is 6.54 Å². The maximum atomic E-state index is 12.2. The highest BCUT2D eigenvalue weighted by Crippen LogP contribution is 2.26. The summed E-state index contributed by atoms with van der Waals surface area (Å²) in [6.45, 7) is 0.459. The van der Waals surface area contributed by atoms with Gasteiger partial charge in [-0.25, -0.2) is 5.48 Å². The molecule has 5 nitrogen and oxygen atoms in total. The number of amides is 2. The van der Waals surface area contributed by atoms with Gasteiger partial charge in [-0.3, -0.25) is 14.8 Å². The van der Waals surface area contributed by atoms with Gasteiger partial charge < -0.3 is 5.32 Å². The van der Waals surface area contributed by atoms with E-state index in [2.05, 4.69) is 5.32 Å². The summed E-state index contributed by atoms with van der Waals surface area (Å²) < 4.78 is 0.816. The number of rotatable bonds is 4. The predicted molar refractivity (Wildman–Crippen MR) is 88.7 cm³/mol. The van der Waals surface area contributed by atoms with Gasteiger partial charge in [-0.1, -0.05) is 36.4 Å². The number of nitrogens with one attached hydrogen (secondary N) is 2. The van der Waals surface area contributed by atoms with Crippen LogP contribution in [0.5, 0.6) is 0 Å². The van der Waals surface area contributed by atoms with Crippen molar-refractivity contribution >= 4 is 33.2 Å². The van der Waals surface area contributed by atoms with Gasteiger partial charge in [0.15, 0.2) is 0 Å². The van der Waals surface area contributed by atoms with Crippen LogP contribution in [-0.2, 0) is 6.54 Å². The van der Waals surface area contributed by atoms with Crippen molar-refractivity contribution in [3.8, 4) is 0 Å². The predicted octanol–water partition coefficient (Wildman–Crippen LogP) is 2.95. The normalized spacial score (nSPS) is 10.5. The Morgan fingerprint density at radius 2 is 1.78 bits per heavy atom. The average Bonchev–Trinajstić information content (AvgIpc) is 3.03. The lowest BCUT2D eigenvalue weighted by Crippen LogP contribution is -2.22. The van der Waals surface area contributed by atoms with Gasteiger partial charge in [-0.15, -0.1) is 11.3 Å². The molecule has 0 aliphatic heterocycles. The molecule has 0 aliphatic carbocycles. The third-order valence-electron chi connectivity index (χ3n) is 3.40. The monoisotopic (exact) mass is 326 g/mol. The molecule has 0 saturated carbocycles. The lowest BCUT2D eigenvalue weighted by atomic mass is 10.1. The molecule has 0 atom stereocenters. The van der Waals surface area contributed by atoms with E-state index in [1.807, 2.05) is 30.3 Å². The molecule has 0 spiro atoms. The first kappa shape index (κ1) is 15.2. The number of hydroxylamine groups is 1. The van der Waals surface area contributed by atoms with Gasteiger partial charge in [-0.05, 0) is 29.1 Å².